The summed E-state index contributed by atoms with van der Waals surface area (Å²) in [5.41, 5.74) is 6.05. The molecule has 0 radical (unpaired) electrons. The van der Waals surface area contributed by atoms with Crippen LogP contribution in [-0.4, -0.2) is 24.2 Å². The summed E-state index contributed by atoms with van der Waals surface area (Å²) in [7, 11) is 1.52. The molecule has 33 heavy (non-hydrogen) atoms. The van der Waals surface area contributed by atoms with Crippen LogP contribution < -0.4 is 14.9 Å². The third-order valence-electron chi connectivity index (χ3n) is 4.67. The van der Waals surface area contributed by atoms with Gasteiger partial charge in [-0.25, -0.2) is 5.43 Å². The minimum absolute atomic E-state index is 0.0205. The number of methoxy groups -OCH3 is 1. The van der Waals surface area contributed by atoms with Gasteiger partial charge in [0.2, 0.25) is 5.91 Å². The Morgan fingerprint density at radius 2 is 1.79 bits per heavy atom. The topological polar surface area (TPSA) is 103 Å². The van der Waals surface area contributed by atoms with Crippen LogP contribution in [0.25, 0.3) is 0 Å². The molecule has 0 saturated carbocycles. The van der Waals surface area contributed by atoms with Crippen LogP contribution in [0.2, 0.25) is 0 Å². The number of carbonyl (C=O) groups is 1. The van der Waals surface area contributed by atoms with Gasteiger partial charge in [-0.15, -0.1) is 0 Å². The second-order valence-corrected chi connectivity index (χ2v) is 8.06. The molecule has 0 spiro atoms. The minimum Gasteiger partial charge on any atom is -0.493 e. The van der Waals surface area contributed by atoms with Gasteiger partial charge in [0, 0.05) is 12.1 Å². The summed E-state index contributed by atoms with van der Waals surface area (Å²) >= 11 is 3.47. The average Bonchev–Trinajstić information content (AvgIpc) is 2.80. The molecule has 0 heterocycles. The van der Waals surface area contributed by atoms with Crippen molar-refractivity contribution in [3.05, 3.63) is 97.5 Å². The van der Waals surface area contributed by atoms with E-state index in [1.54, 1.807) is 24.3 Å². The lowest BCUT2D eigenvalue weighted by atomic mass is 10.1. The van der Waals surface area contributed by atoms with Crippen LogP contribution in [0.3, 0.4) is 0 Å². The van der Waals surface area contributed by atoms with Gasteiger partial charge in [-0.3, -0.25) is 14.9 Å². The highest BCUT2D eigenvalue weighted by molar-refractivity contribution is 9.10. The predicted molar refractivity (Wildman–Crippen MR) is 129 cm³/mol. The Morgan fingerprint density at radius 3 is 2.42 bits per heavy atom. The Hall–Kier alpha value is -3.72. The van der Waals surface area contributed by atoms with Crippen LogP contribution in [0.1, 0.15) is 22.3 Å². The molecular formula is C24H22BrN3O5. The van der Waals surface area contributed by atoms with E-state index in [4.69, 9.17) is 9.47 Å². The van der Waals surface area contributed by atoms with Crippen LogP contribution >= 0.6 is 15.9 Å². The molecular weight excluding hydrogens is 490 g/mol. The maximum Gasteiger partial charge on any atom is 0.269 e. The fourth-order valence-corrected chi connectivity index (χ4v) is 3.51. The smallest absolute Gasteiger partial charge is 0.269 e. The van der Waals surface area contributed by atoms with Crippen molar-refractivity contribution in [3.63, 3.8) is 0 Å². The summed E-state index contributed by atoms with van der Waals surface area (Å²) < 4.78 is 11.9. The number of aryl methyl sites for hydroxylation is 1. The second-order valence-electron chi connectivity index (χ2n) is 7.20. The molecule has 9 heteroatoms. The molecule has 0 aliphatic carbocycles. The number of nitro groups is 1. The van der Waals surface area contributed by atoms with Crippen molar-refractivity contribution in [2.45, 2.75) is 20.0 Å². The average molecular weight is 512 g/mol. The number of ether oxygens (including phenoxy) is 2. The molecule has 0 unspecified atom stereocenters. The summed E-state index contributed by atoms with van der Waals surface area (Å²) in [6.07, 6.45) is 1.75. The van der Waals surface area contributed by atoms with Crippen LogP contribution in [0.4, 0.5) is 5.69 Å². The van der Waals surface area contributed by atoms with E-state index in [-0.39, 0.29) is 24.6 Å². The summed E-state index contributed by atoms with van der Waals surface area (Å²) in [6.45, 7) is 2.20. The highest BCUT2D eigenvalue weighted by Gasteiger charge is 2.12. The molecule has 3 rings (SSSR count). The maximum atomic E-state index is 12.1. The van der Waals surface area contributed by atoms with E-state index in [0.717, 1.165) is 16.7 Å². The fourth-order valence-electron chi connectivity index (χ4n) is 2.93. The number of hydrogen-bond donors (Lipinski definition) is 1. The van der Waals surface area contributed by atoms with E-state index < -0.39 is 4.92 Å². The molecule has 0 aromatic heterocycles. The van der Waals surface area contributed by atoms with Crippen molar-refractivity contribution in [3.8, 4) is 11.5 Å². The number of rotatable bonds is 9. The largest absolute Gasteiger partial charge is 0.493 e. The van der Waals surface area contributed by atoms with Crippen LogP contribution in [0.5, 0.6) is 11.5 Å². The Morgan fingerprint density at radius 1 is 1.12 bits per heavy atom. The molecule has 0 aliphatic rings. The normalized spacial score (nSPS) is 10.8. The lowest BCUT2D eigenvalue weighted by molar-refractivity contribution is -0.384. The van der Waals surface area contributed by atoms with Crippen molar-refractivity contribution in [2.75, 3.05) is 7.11 Å². The minimum atomic E-state index is -0.449. The molecule has 0 saturated heterocycles. The quantitative estimate of drug-likeness (QED) is 0.248. The van der Waals surface area contributed by atoms with Gasteiger partial charge >= 0.3 is 0 Å². The number of carbonyl (C=O) groups excluding carboxylic acids is 1. The molecule has 0 atom stereocenters. The van der Waals surface area contributed by atoms with Gasteiger partial charge in [-0.1, -0.05) is 29.8 Å². The molecule has 3 aromatic rings. The number of hydrazone groups is 1. The first-order chi connectivity index (χ1) is 15.9. The number of nitrogens with zero attached hydrogens (tertiary/aromatic N) is 2. The van der Waals surface area contributed by atoms with Gasteiger partial charge in [0.15, 0.2) is 11.5 Å². The summed E-state index contributed by atoms with van der Waals surface area (Å²) in [5, 5.41) is 14.8. The fraction of sp³-hybridized carbons (Fsp3) is 0.167. The number of nitrogens with one attached hydrogen (secondary N) is 1. The Labute approximate surface area is 199 Å². The van der Waals surface area contributed by atoms with E-state index in [1.807, 2.05) is 31.2 Å². The Kier molecular flexibility index (Phi) is 8.15. The van der Waals surface area contributed by atoms with Crippen molar-refractivity contribution in [1.29, 1.82) is 0 Å². The van der Waals surface area contributed by atoms with Crippen molar-refractivity contribution < 1.29 is 19.2 Å². The first-order valence-electron chi connectivity index (χ1n) is 9.97. The zero-order chi connectivity index (χ0) is 23.8. The standard InChI is InChI=1S/C24H22BrN3O5/c1-16-3-5-17(6-4-16)13-23(29)27-26-14-19-11-21(25)24(22(12-19)32-2)33-15-18-7-9-20(10-8-18)28(30)31/h3-12,14H,13,15H2,1-2H3,(H,27,29)/b26-14+. The third kappa shape index (κ3) is 6.88. The molecule has 0 bridgehead atoms. The first kappa shape index (κ1) is 23.9. The van der Waals surface area contributed by atoms with E-state index in [0.29, 0.717) is 21.5 Å². The molecule has 1 N–H and O–H groups in total. The summed E-state index contributed by atoms with van der Waals surface area (Å²) in [5.74, 6) is 0.735. The lowest BCUT2D eigenvalue weighted by Crippen LogP contribution is -2.19. The van der Waals surface area contributed by atoms with E-state index in [9.17, 15) is 14.9 Å². The number of benzene rings is 3. The van der Waals surface area contributed by atoms with Gasteiger partial charge < -0.3 is 9.47 Å². The molecule has 0 aliphatic heterocycles. The van der Waals surface area contributed by atoms with Crippen molar-refractivity contribution in [2.24, 2.45) is 5.10 Å². The lowest BCUT2D eigenvalue weighted by Gasteiger charge is -2.13. The highest BCUT2D eigenvalue weighted by Crippen LogP contribution is 2.37. The second kappa shape index (κ2) is 11.2. The van der Waals surface area contributed by atoms with Crippen LogP contribution in [0.15, 0.2) is 70.2 Å². The third-order valence-corrected chi connectivity index (χ3v) is 5.26. The molecule has 1 amide bonds. The summed E-state index contributed by atoms with van der Waals surface area (Å²) in [6, 6.07) is 17.4. The van der Waals surface area contributed by atoms with Crippen LogP contribution in [-0.2, 0) is 17.8 Å². The molecule has 3 aromatic carbocycles. The Bertz CT molecular complexity index is 1160. The van der Waals surface area contributed by atoms with E-state index in [2.05, 4.69) is 26.5 Å². The SMILES string of the molecule is COc1cc(/C=N/NC(=O)Cc2ccc(C)cc2)cc(Br)c1OCc1ccc([N+](=O)[O-])cc1. The van der Waals surface area contributed by atoms with E-state index in [1.165, 1.54) is 25.5 Å². The van der Waals surface area contributed by atoms with Gasteiger partial charge in [0.05, 0.1) is 29.1 Å². The van der Waals surface area contributed by atoms with E-state index >= 15 is 0 Å². The first-order valence-corrected chi connectivity index (χ1v) is 10.8. The molecule has 0 fully saturated rings. The van der Waals surface area contributed by atoms with Gasteiger partial charge in [0.25, 0.3) is 5.69 Å². The highest BCUT2D eigenvalue weighted by atomic mass is 79.9. The van der Waals surface area contributed by atoms with Gasteiger partial charge in [0.1, 0.15) is 6.61 Å². The molecule has 8 nitrogen and oxygen atoms in total. The van der Waals surface area contributed by atoms with Gasteiger partial charge in [-0.05, 0) is 63.8 Å². The van der Waals surface area contributed by atoms with Gasteiger partial charge in [-0.2, -0.15) is 5.10 Å². The monoisotopic (exact) mass is 511 g/mol. The number of hydrogen-bond acceptors (Lipinski definition) is 6. The maximum absolute atomic E-state index is 12.1. The van der Waals surface area contributed by atoms with Crippen molar-refractivity contribution >= 4 is 33.7 Å². The number of non-ortho nitro benzene ring substituents is 1. The zero-order valence-electron chi connectivity index (χ0n) is 18.1. The number of amides is 1. The van der Waals surface area contributed by atoms with Crippen LogP contribution in [0, 0.1) is 17.0 Å². The summed E-state index contributed by atoms with van der Waals surface area (Å²) in [4.78, 5) is 22.4. The number of nitro benzene ring substituents is 1. The number of halogens is 1. The predicted octanol–water partition coefficient (Wildman–Crippen LogP) is 4.95. The Balaban J connectivity index is 1.62. The molecule has 170 valence electrons. The van der Waals surface area contributed by atoms with Crippen molar-refractivity contribution in [1.82, 2.24) is 5.43 Å². The zero-order valence-corrected chi connectivity index (χ0v) is 19.7.